The zero-order valence-corrected chi connectivity index (χ0v) is 15.4. The molecule has 0 aromatic carbocycles. The van der Waals surface area contributed by atoms with Gasteiger partial charge in [0.15, 0.2) is 0 Å². The van der Waals surface area contributed by atoms with Gasteiger partial charge in [-0.25, -0.2) is 0 Å². The summed E-state index contributed by atoms with van der Waals surface area (Å²) in [5.41, 5.74) is 0.368. The van der Waals surface area contributed by atoms with Gasteiger partial charge in [0.2, 0.25) is 0 Å². The van der Waals surface area contributed by atoms with Crippen molar-refractivity contribution >= 4 is 5.27 Å². The molecule has 0 saturated carbocycles. The Morgan fingerprint density at radius 1 is 1.19 bits per heavy atom. The van der Waals surface area contributed by atoms with E-state index in [2.05, 4.69) is 46.2 Å². The van der Waals surface area contributed by atoms with Crippen molar-refractivity contribution < 1.29 is 23.3 Å². The summed E-state index contributed by atoms with van der Waals surface area (Å²) in [5.74, 6) is 0. The van der Waals surface area contributed by atoms with E-state index in [0.29, 0.717) is 10.6 Å². The van der Waals surface area contributed by atoms with Crippen molar-refractivity contribution in [2.75, 3.05) is 19.7 Å². The summed E-state index contributed by atoms with van der Waals surface area (Å²) in [6, 6.07) is 0. The van der Waals surface area contributed by atoms with Crippen LogP contribution in [0.25, 0.3) is 0 Å². The topological polar surface area (TPSA) is 12.5 Å². The first-order chi connectivity index (χ1) is 7.06. The van der Waals surface area contributed by atoms with Gasteiger partial charge in [0.25, 0.3) is 0 Å². The van der Waals surface area contributed by atoms with E-state index in [9.17, 15) is 0 Å². The molecule has 1 fully saturated rings. The zero-order chi connectivity index (χ0) is 12.6. The van der Waals surface area contributed by atoms with Gasteiger partial charge in [0, 0.05) is 0 Å². The molecule has 1 unspecified atom stereocenters. The van der Waals surface area contributed by atoms with Gasteiger partial charge in [-0.05, 0) is 0 Å². The molecular formula is C12H26NOPW. The fraction of sp³-hybridized carbons (Fsp3) is 1.00. The molecule has 1 heterocycles. The van der Waals surface area contributed by atoms with Crippen LogP contribution in [0.3, 0.4) is 0 Å². The Labute approximate surface area is 111 Å². The average Bonchev–Trinajstić information content (AvgIpc) is 2.04. The molecule has 0 N–H and O–H groups in total. The SMILES string of the molecule is CC(C)(C)CN1CCCO[P]1(=[W])C(C)(C)C. The van der Waals surface area contributed by atoms with E-state index in [0.717, 1.165) is 6.61 Å². The summed E-state index contributed by atoms with van der Waals surface area (Å²) in [4.78, 5) is 0. The normalized spacial score (nSPS) is 29.4. The molecule has 1 aliphatic heterocycles. The quantitative estimate of drug-likeness (QED) is 0.604. The molecule has 0 bridgehead atoms. The van der Waals surface area contributed by atoms with Crippen LogP contribution in [0.4, 0.5) is 0 Å². The molecule has 0 radical (unpaired) electrons. The third-order valence-electron chi connectivity index (χ3n) is 2.70. The molecule has 0 spiro atoms. The molecule has 1 saturated heterocycles. The van der Waals surface area contributed by atoms with E-state index < -0.39 is 5.27 Å². The van der Waals surface area contributed by atoms with Crippen molar-refractivity contribution in [3.8, 4) is 0 Å². The van der Waals surface area contributed by atoms with Crippen LogP contribution < -0.4 is 0 Å². The van der Waals surface area contributed by atoms with Crippen LogP contribution in [-0.4, -0.2) is 29.5 Å². The molecule has 0 aromatic rings. The zero-order valence-electron chi connectivity index (χ0n) is 11.5. The van der Waals surface area contributed by atoms with Crippen LogP contribution in [0.1, 0.15) is 48.0 Å². The Morgan fingerprint density at radius 3 is 2.19 bits per heavy atom. The van der Waals surface area contributed by atoms with Crippen molar-refractivity contribution in [2.24, 2.45) is 5.41 Å². The van der Waals surface area contributed by atoms with Crippen molar-refractivity contribution in [1.82, 2.24) is 4.67 Å². The van der Waals surface area contributed by atoms with Gasteiger partial charge in [0.1, 0.15) is 0 Å². The second kappa shape index (κ2) is 4.96. The minimum absolute atomic E-state index is 0.300. The van der Waals surface area contributed by atoms with Crippen molar-refractivity contribution in [3.05, 3.63) is 0 Å². The molecule has 0 aromatic heterocycles. The van der Waals surface area contributed by atoms with Gasteiger partial charge >= 0.3 is 112 Å². The first-order valence-corrected chi connectivity index (χ1v) is 11.6. The predicted octanol–water partition coefficient (Wildman–Crippen LogP) is 3.86. The van der Waals surface area contributed by atoms with Crippen molar-refractivity contribution in [1.29, 1.82) is 0 Å². The van der Waals surface area contributed by atoms with E-state index in [1.54, 1.807) is 18.8 Å². The maximum absolute atomic E-state index is 6.26. The molecule has 1 aliphatic rings. The second-order valence-corrected chi connectivity index (χ2v) is 15.4. The molecule has 1 rings (SSSR count). The van der Waals surface area contributed by atoms with Gasteiger partial charge < -0.3 is 0 Å². The molecule has 2 nitrogen and oxygen atoms in total. The summed E-state index contributed by atoms with van der Waals surface area (Å²) in [6.45, 7) is 17.4. The van der Waals surface area contributed by atoms with Crippen LogP contribution in [0.15, 0.2) is 0 Å². The molecule has 16 heavy (non-hydrogen) atoms. The van der Waals surface area contributed by atoms with Crippen LogP contribution in [-0.2, 0) is 23.3 Å². The van der Waals surface area contributed by atoms with Crippen LogP contribution in [0, 0.1) is 5.41 Å². The van der Waals surface area contributed by atoms with Gasteiger partial charge in [-0.1, -0.05) is 0 Å². The van der Waals surface area contributed by atoms with Gasteiger partial charge in [-0.3, -0.25) is 0 Å². The molecule has 4 heteroatoms. The second-order valence-electron chi connectivity index (χ2n) is 6.83. The molecule has 1 atom stereocenters. The Kier molecular flexibility index (Phi) is 4.68. The summed E-state index contributed by atoms with van der Waals surface area (Å²) in [6.07, 6.45) is 1.20. The third-order valence-corrected chi connectivity index (χ3v) is 15.5. The fourth-order valence-electron chi connectivity index (χ4n) is 1.99. The van der Waals surface area contributed by atoms with E-state index >= 15 is 0 Å². The van der Waals surface area contributed by atoms with Crippen LogP contribution in [0.5, 0.6) is 0 Å². The fourth-order valence-corrected chi connectivity index (χ4v) is 7.08. The Bertz CT molecular complexity index is 290. The van der Waals surface area contributed by atoms with Crippen LogP contribution in [0.2, 0.25) is 0 Å². The first kappa shape index (κ1) is 15.1. The van der Waals surface area contributed by atoms with Gasteiger partial charge in [-0.2, -0.15) is 0 Å². The summed E-state index contributed by atoms with van der Waals surface area (Å²) >= 11 is 1.65. The molecule has 0 amide bonds. The predicted molar refractivity (Wildman–Crippen MR) is 68.3 cm³/mol. The summed E-state index contributed by atoms with van der Waals surface area (Å²) in [5, 5.41) is -1.04. The standard InChI is InChI=1S/C12H26NOP.W/c1-11(2,3)10-13-8-7-9-14-15(13)12(4,5)6;/h7-10H2,1-6H3;. The molecular weight excluding hydrogens is 389 g/mol. The molecule has 0 aliphatic carbocycles. The van der Waals surface area contributed by atoms with Crippen molar-refractivity contribution in [2.45, 2.75) is 53.1 Å². The Morgan fingerprint density at radius 2 is 1.75 bits per heavy atom. The summed E-state index contributed by atoms with van der Waals surface area (Å²) < 4.78 is 8.93. The number of nitrogens with zero attached hydrogens (tertiary/aromatic N) is 1. The minimum atomic E-state index is -1.34. The number of hydrogen-bond donors (Lipinski definition) is 0. The summed E-state index contributed by atoms with van der Waals surface area (Å²) in [7, 11) is 0. The Balaban J connectivity index is 2.92. The van der Waals surface area contributed by atoms with Gasteiger partial charge in [-0.15, -0.1) is 0 Å². The van der Waals surface area contributed by atoms with E-state index in [-0.39, 0.29) is 0 Å². The third kappa shape index (κ3) is 3.51. The van der Waals surface area contributed by atoms with Gasteiger partial charge in [0.05, 0.1) is 0 Å². The van der Waals surface area contributed by atoms with E-state index in [4.69, 9.17) is 4.52 Å². The first-order valence-electron chi connectivity index (χ1n) is 6.06. The number of rotatable bonds is 1. The Hall–Kier alpha value is 1.04. The van der Waals surface area contributed by atoms with E-state index in [1.807, 2.05) is 0 Å². The maximum atomic E-state index is 6.26. The van der Waals surface area contributed by atoms with Crippen molar-refractivity contribution in [3.63, 3.8) is 0 Å². The monoisotopic (exact) mass is 415 g/mol. The van der Waals surface area contributed by atoms with Crippen LogP contribution >= 0.6 is 5.27 Å². The van der Waals surface area contributed by atoms with E-state index in [1.165, 1.54) is 19.5 Å². The average molecular weight is 415 g/mol. The molecule has 96 valence electrons. The number of hydrogen-bond acceptors (Lipinski definition) is 2.